The summed E-state index contributed by atoms with van der Waals surface area (Å²) in [5, 5.41) is 11.5. The van der Waals surface area contributed by atoms with E-state index in [1.165, 1.54) is 5.56 Å². The first-order valence-electron chi connectivity index (χ1n) is 11.2. The molecule has 6 nitrogen and oxygen atoms in total. The predicted octanol–water partition coefficient (Wildman–Crippen LogP) is 4.47. The van der Waals surface area contributed by atoms with Crippen molar-refractivity contribution < 1.29 is 4.79 Å². The Morgan fingerprint density at radius 1 is 1.06 bits per heavy atom. The number of aryl methyl sites for hydroxylation is 2. The molecule has 6 heteroatoms. The summed E-state index contributed by atoms with van der Waals surface area (Å²) in [5.74, 6) is 1.38. The minimum absolute atomic E-state index is 0.0221. The summed E-state index contributed by atoms with van der Waals surface area (Å²) in [6.45, 7) is 1.49. The molecule has 2 aromatic carbocycles. The summed E-state index contributed by atoms with van der Waals surface area (Å²) < 4.78 is 1.98. The average Bonchev–Trinajstić information content (AvgIpc) is 3.25. The van der Waals surface area contributed by atoms with E-state index in [0.29, 0.717) is 5.92 Å². The molecule has 2 amide bonds. The second-order valence-corrected chi connectivity index (χ2v) is 8.35. The van der Waals surface area contributed by atoms with Crippen LogP contribution in [0, 0.1) is 0 Å². The van der Waals surface area contributed by atoms with Crippen molar-refractivity contribution in [1.29, 1.82) is 0 Å². The van der Waals surface area contributed by atoms with Crippen LogP contribution in [-0.2, 0) is 13.5 Å². The van der Waals surface area contributed by atoms with Crippen LogP contribution in [0.5, 0.6) is 0 Å². The normalized spacial score (nSPS) is 15.6. The van der Waals surface area contributed by atoms with Gasteiger partial charge >= 0.3 is 6.03 Å². The van der Waals surface area contributed by atoms with E-state index in [0.717, 1.165) is 56.6 Å². The monoisotopic (exact) mass is 417 g/mol. The lowest BCUT2D eigenvalue weighted by molar-refractivity contribution is 0.175. The van der Waals surface area contributed by atoms with Crippen LogP contribution in [0.2, 0.25) is 0 Å². The van der Waals surface area contributed by atoms with Gasteiger partial charge in [0.15, 0.2) is 0 Å². The van der Waals surface area contributed by atoms with Crippen LogP contribution in [0.15, 0.2) is 67.0 Å². The smallest absolute Gasteiger partial charge is 0.317 e. The number of likely N-dealkylation sites (tertiary alicyclic amines) is 1. The summed E-state index contributed by atoms with van der Waals surface area (Å²) >= 11 is 0. The number of aromatic nitrogens is 3. The summed E-state index contributed by atoms with van der Waals surface area (Å²) in [6, 6.07) is 20.9. The molecule has 162 valence electrons. The van der Waals surface area contributed by atoms with Gasteiger partial charge in [-0.25, -0.2) is 4.79 Å². The highest BCUT2D eigenvalue weighted by Crippen LogP contribution is 2.27. The van der Waals surface area contributed by atoms with E-state index in [2.05, 4.69) is 51.9 Å². The molecule has 1 saturated heterocycles. The van der Waals surface area contributed by atoms with E-state index in [1.54, 1.807) is 6.33 Å². The van der Waals surface area contributed by atoms with Gasteiger partial charge < -0.3 is 14.8 Å². The van der Waals surface area contributed by atoms with Crippen molar-refractivity contribution in [3.8, 4) is 0 Å². The topological polar surface area (TPSA) is 63.1 Å². The van der Waals surface area contributed by atoms with Crippen molar-refractivity contribution in [2.24, 2.45) is 7.05 Å². The van der Waals surface area contributed by atoms with E-state index in [9.17, 15) is 4.79 Å². The van der Waals surface area contributed by atoms with Gasteiger partial charge in [0.05, 0.1) is 6.04 Å². The molecule has 1 fully saturated rings. The second-order valence-electron chi connectivity index (χ2n) is 8.35. The summed E-state index contributed by atoms with van der Waals surface area (Å²) in [4.78, 5) is 15.0. The fraction of sp³-hybridized carbons (Fsp3) is 0.400. The minimum atomic E-state index is 0.0221. The maximum absolute atomic E-state index is 13.1. The zero-order chi connectivity index (χ0) is 21.5. The number of carbonyl (C=O) groups is 1. The van der Waals surface area contributed by atoms with Gasteiger partial charge in [-0.1, -0.05) is 60.7 Å². The van der Waals surface area contributed by atoms with Gasteiger partial charge in [0.25, 0.3) is 0 Å². The number of hydrogen-bond acceptors (Lipinski definition) is 3. The van der Waals surface area contributed by atoms with E-state index in [-0.39, 0.29) is 12.1 Å². The average molecular weight is 418 g/mol. The number of nitrogens with zero attached hydrogens (tertiary/aromatic N) is 4. The quantitative estimate of drug-likeness (QED) is 0.617. The van der Waals surface area contributed by atoms with Crippen LogP contribution in [0.1, 0.15) is 54.6 Å². The van der Waals surface area contributed by atoms with Crippen molar-refractivity contribution in [3.05, 3.63) is 83.9 Å². The molecule has 1 atom stereocenters. The van der Waals surface area contributed by atoms with Crippen LogP contribution in [0.3, 0.4) is 0 Å². The summed E-state index contributed by atoms with van der Waals surface area (Å²) in [7, 11) is 1.98. The van der Waals surface area contributed by atoms with Gasteiger partial charge in [-0.3, -0.25) is 0 Å². The first-order valence-corrected chi connectivity index (χ1v) is 11.2. The standard InChI is InChI=1S/C25H31N5O/c1-29-19-26-28-24(29)22-15-17-30(18-16-22)25(31)27-23(21-12-6-3-7-13-21)14-8-11-20-9-4-2-5-10-20/h2-7,9-10,12-13,19,22-23H,8,11,14-18H2,1H3,(H,27,31). The van der Waals surface area contributed by atoms with Crippen molar-refractivity contribution in [1.82, 2.24) is 25.0 Å². The lowest BCUT2D eigenvalue weighted by Crippen LogP contribution is -2.45. The number of benzene rings is 2. The van der Waals surface area contributed by atoms with Crippen molar-refractivity contribution in [3.63, 3.8) is 0 Å². The highest BCUT2D eigenvalue weighted by Gasteiger charge is 2.27. The lowest BCUT2D eigenvalue weighted by Gasteiger charge is -2.33. The molecular formula is C25H31N5O. The number of hydrogen-bond donors (Lipinski definition) is 1. The third-order valence-corrected chi connectivity index (χ3v) is 6.19. The molecule has 4 rings (SSSR count). The molecule has 0 bridgehead atoms. The van der Waals surface area contributed by atoms with E-state index < -0.39 is 0 Å². The van der Waals surface area contributed by atoms with Gasteiger partial charge in [0.2, 0.25) is 0 Å². The number of carbonyl (C=O) groups excluding carboxylic acids is 1. The van der Waals surface area contributed by atoms with Crippen LogP contribution >= 0.6 is 0 Å². The Hall–Kier alpha value is -3.15. The summed E-state index contributed by atoms with van der Waals surface area (Å²) in [6.07, 6.45) is 6.55. The maximum Gasteiger partial charge on any atom is 0.317 e. The second kappa shape index (κ2) is 10.2. The Kier molecular flexibility index (Phi) is 6.97. The maximum atomic E-state index is 13.1. The molecule has 1 aliphatic heterocycles. The minimum Gasteiger partial charge on any atom is -0.331 e. The zero-order valence-corrected chi connectivity index (χ0v) is 18.2. The fourth-order valence-electron chi connectivity index (χ4n) is 4.41. The molecule has 1 aliphatic rings. The highest BCUT2D eigenvalue weighted by atomic mass is 16.2. The number of amides is 2. The third-order valence-electron chi connectivity index (χ3n) is 6.19. The van der Waals surface area contributed by atoms with Crippen LogP contribution in [-0.4, -0.2) is 38.8 Å². The molecule has 1 aromatic heterocycles. The van der Waals surface area contributed by atoms with Crippen LogP contribution in [0.4, 0.5) is 4.79 Å². The Morgan fingerprint density at radius 2 is 1.74 bits per heavy atom. The van der Waals surface area contributed by atoms with Gasteiger partial charge in [-0.2, -0.15) is 0 Å². The first kappa shape index (κ1) is 21.1. The molecule has 1 unspecified atom stereocenters. The Bertz CT molecular complexity index is 948. The van der Waals surface area contributed by atoms with E-state index in [1.807, 2.05) is 40.8 Å². The number of urea groups is 1. The van der Waals surface area contributed by atoms with Crippen molar-refractivity contribution >= 4 is 6.03 Å². The number of nitrogens with one attached hydrogen (secondary N) is 1. The molecule has 0 saturated carbocycles. The van der Waals surface area contributed by atoms with Crippen LogP contribution < -0.4 is 5.32 Å². The van der Waals surface area contributed by atoms with Gasteiger partial charge in [-0.05, 0) is 43.2 Å². The summed E-state index contributed by atoms with van der Waals surface area (Å²) in [5.41, 5.74) is 2.50. The van der Waals surface area contributed by atoms with Crippen LogP contribution in [0.25, 0.3) is 0 Å². The Morgan fingerprint density at radius 3 is 2.39 bits per heavy atom. The molecule has 3 aromatic rings. The van der Waals surface area contributed by atoms with Gasteiger partial charge in [0.1, 0.15) is 12.2 Å². The first-order chi connectivity index (χ1) is 15.2. The van der Waals surface area contributed by atoms with Gasteiger partial charge in [-0.15, -0.1) is 10.2 Å². The third kappa shape index (κ3) is 5.51. The molecular weight excluding hydrogens is 386 g/mol. The predicted molar refractivity (Wildman–Crippen MR) is 122 cm³/mol. The van der Waals surface area contributed by atoms with Crippen molar-refractivity contribution in [2.45, 2.75) is 44.1 Å². The molecule has 0 radical (unpaired) electrons. The SMILES string of the molecule is Cn1cnnc1C1CCN(C(=O)NC(CCCc2ccccc2)c2ccccc2)CC1. The molecule has 0 aliphatic carbocycles. The lowest BCUT2D eigenvalue weighted by atomic mass is 9.96. The highest BCUT2D eigenvalue weighted by molar-refractivity contribution is 5.74. The molecule has 31 heavy (non-hydrogen) atoms. The van der Waals surface area contributed by atoms with E-state index >= 15 is 0 Å². The zero-order valence-electron chi connectivity index (χ0n) is 18.2. The molecule has 0 spiro atoms. The Balaban J connectivity index is 1.34. The fourth-order valence-corrected chi connectivity index (χ4v) is 4.41. The number of rotatable bonds is 7. The van der Waals surface area contributed by atoms with Crippen molar-refractivity contribution in [2.75, 3.05) is 13.1 Å². The molecule has 2 heterocycles. The number of piperidine rings is 1. The Labute approximate surface area is 184 Å². The molecule has 1 N–H and O–H groups in total. The largest absolute Gasteiger partial charge is 0.331 e. The van der Waals surface area contributed by atoms with E-state index in [4.69, 9.17) is 0 Å². The van der Waals surface area contributed by atoms with Gasteiger partial charge in [0, 0.05) is 26.1 Å².